The molecule has 7 heteroatoms. The highest BCUT2D eigenvalue weighted by Crippen LogP contribution is 2.27. The lowest BCUT2D eigenvalue weighted by Crippen LogP contribution is -2.41. The Bertz CT molecular complexity index is 600. The third kappa shape index (κ3) is 4.76. The fraction of sp³-hybridized carbons (Fsp3) is 0.562. The van der Waals surface area contributed by atoms with E-state index in [1.807, 2.05) is 20.8 Å². The van der Waals surface area contributed by atoms with Gasteiger partial charge in [-0.2, -0.15) is 0 Å². The number of nitrogens with two attached hydrogens (primary N) is 1. The van der Waals surface area contributed by atoms with Crippen LogP contribution in [0.5, 0.6) is 0 Å². The van der Waals surface area contributed by atoms with Crippen molar-refractivity contribution in [2.24, 2.45) is 11.1 Å². The van der Waals surface area contributed by atoms with Gasteiger partial charge >= 0.3 is 0 Å². The van der Waals surface area contributed by atoms with Gasteiger partial charge in [-0.05, 0) is 43.5 Å². The average molecular weight is 341 g/mol. The smallest absolute Gasteiger partial charge is 0.240 e. The van der Waals surface area contributed by atoms with Crippen molar-refractivity contribution in [3.05, 3.63) is 24.3 Å². The van der Waals surface area contributed by atoms with Crippen LogP contribution in [0.15, 0.2) is 29.2 Å². The van der Waals surface area contributed by atoms with Crippen LogP contribution < -0.4 is 15.8 Å². The maximum atomic E-state index is 12.4. The van der Waals surface area contributed by atoms with Gasteiger partial charge in [0.1, 0.15) is 0 Å². The summed E-state index contributed by atoms with van der Waals surface area (Å²) < 4.78 is 26.5. The third-order valence-corrected chi connectivity index (χ3v) is 5.67. The first kappa shape index (κ1) is 19.6. The molecule has 0 spiro atoms. The maximum Gasteiger partial charge on any atom is 0.240 e. The fourth-order valence-corrected chi connectivity index (χ4v) is 3.39. The van der Waals surface area contributed by atoms with Gasteiger partial charge in [0.25, 0.3) is 0 Å². The van der Waals surface area contributed by atoms with Crippen LogP contribution in [-0.4, -0.2) is 27.4 Å². The number of carbonyl (C=O) groups is 1. The Kier molecular flexibility index (Phi) is 7.18. The van der Waals surface area contributed by atoms with E-state index in [-0.39, 0.29) is 17.3 Å². The Balaban J connectivity index is 2.87. The molecule has 130 valence electrons. The summed E-state index contributed by atoms with van der Waals surface area (Å²) in [5.41, 5.74) is 5.73. The highest BCUT2D eigenvalue weighted by Gasteiger charge is 2.33. The van der Waals surface area contributed by atoms with Gasteiger partial charge in [0.15, 0.2) is 0 Å². The zero-order valence-corrected chi connectivity index (χ0v) is 14.9. The topological polar surface area (TPSA) is 101 Å². The summed E-state index contributed by atoms with van der Waals surface area (Å²) in [6.45, 7) is 6.44. The van der Waals surface area contributed by atoms with Crippen molar-refractivity contribution in [1.29, 1.82) is 0 Å². The number of hydrogen-bond acceptors (Lipinski definition) is 4. The molecule has 0 atom stereocenters. The van der Waals surface area contributed by atoms with E-state index in [0.29, 0.717) is 25.1 Å². The molecule has 4 N–H and O–H groups in total. The van der Waals surface area contributed by atoms with Crippen LogP contribution in [0.2, 0.25) is 0 Å². The molecule has 1 amide bonds. The summed E-state index contributed by atoms with van der Waals surface area (Å²) in [6, 6.07) is 6.14. The lowest BCUT2D eigenvalue weighted by molar-refractivity contribution is -0.125. The molecule has 0 aliphatic heterocycles. The molecular weight excluding hydrogens is 314 g/mol. The Morgan fingerprint density at radius 3 is 2.13 bits per heavy atom. The van der Waals surface area contributed by atoms with Crippen molar-refractivity contribution in [3.8, 4) is 0 Å². The highest BCUT2D eigenvalue weighted by molar-refractivity contribution is 7.89. The summed E-state index contributed by atoms with van der Waals surface area (Å²) >= 11 is 0. The minimum Gasteiger partial charge on any atom is -0.329 e. The van der Waals surface area contributed by atoms with E-state index < -0.39 is 15.4 Å². The van der Waals surface area contributed by atoms with Crippen LogP contribution >= 0.6 is 0 Å². The Hall–Kier alpha value is -1.44. The molecule has 6 nitrogen and oxygen atoms in total. The molecule has 0 saturated carbocycles. The molecule has 23 heavy (non-hydrogen) atoms. The quantitative estimate of drug-likeness (QED) is 0.640. The van der Waals surface area contributed by atoms with Crippen LogP contribution in [0.25, 0.3) is 0 Å². The van der Waals surface area contributed by atoms with Gasteiger partial charge < -0.3 is 11.1 Å². The molecule has 1 aromatic carbocycles. The van der Waals surface area contributed by atoms with E-state index in [9.17, 15) is 13.2 Å². The van der Waals surface area contributed by atoms with Gasteiger partial charge in [-0.3, -0.25) is 4.79 Å². The SMILES string of the molecule is CCCNS(=O)(=O)c1ccc(NC(=O)C(CC)(CC)CN)cc1. The summed E-state index contributed by atoms with van der Waals surface area (Å²) in [6.07, 6.45) is 2.03. The largest absolute Gasteiger partial charge is 0.329 e. The molecule has 0 aromatic heterocycles. The first-order chi connectivity index (χ1) is 10.8. The predicted molar refractivity (Wildman–Crippen MR) is 92.6 cm³/mol. The molecule has 0 aliphatic rings. The zero-order chi connectivity index (χ0) is 17.5. The van der Waals surface area contributed by atoms with Gasteiger partial charge in [0.05, 0.1) is 10.3 Å². The minimum absolute atomic E-state index is 0.135. The summed E-state index contributed by atoms with van der Waals surface area (Å²) in [4.78, 5) is 12.6. The van der Waals surface area contributed by atoms with E-state index in [4.69, 9.17) is 5.73 Å². The van der Waals surface area contributed by atoms with Crippen molar-refractivity contribution >= 4 is 21.6 Å². The van der Waals surface area contributed by atoms with Crippen molar-refractivity contribution < 1.29 is 13.2 Å². The van der Waals surface area contributed by atoms with E-state index in [0.717, 1.165) is 6.42 Å². The molecule has 0 radical (unpaired) electrons. The summed E-state index contributed by atoms with van der Waals surface area (Å²) in [5.74, 6) is -0.135. The monoisotopic (exact) mass is 341 g/mol. The predicted octanol–water partition coefficient (Wildman–Crippen LogP) is 2.08. The summed E-state index contributed by atoms with van der Waals surface area (Å²) in [7, 11) is -3.49. The standard InChI is InChI=1S/C16H27N3O3S/c1-4-11-18-23(21,22)14-9-7-13(8-10-14)19-15(20)16(5-2,6-3)12-17/h7-10,18H,4-6,11-12,17H2,1-3H3,(H,19,20). The molecule has 0 fully saturated rings. The molecule has 0 aliphatic carbocycles. The minimum atomic E-state index is -3.49. The normalized spacial score (nSPS) is 12.2. The van der Waals surface area contributed by atoms with Crippen molar-refractivity contribution in [3.63, 3.8) is 0 Å². The Morgan fingerprint density at radius 1 is 1.13 bits per heavy atom. The van der Waals surface area contributed by atoms with Crippen molar-refractivity contribution in [1.82, 2.24) is 4.72 Å². The van der Waals surface area contributed by atoms with Crippen molar-refractivity contribution in [2.45, 2.75) is 44.9 Å². The highest BCUT2D eigenvalue weighted by atomic mass is 32.2. The fourth-order valence-electron chi connectivity index (χ4n) is 2.25. The average Bonchev–Trinajstić information content (AvgIpc) is 2.56. The molecule has 0 saturated heterocycles. The molecule has 0 heterocycles. The van der Waals surface area contributed by atoms with E-state index in [1.165, 1.54) is 12.1 Å². The number of benzene rings is 1. The molecular formula is C16H27N3O3S. The van der Waals surface area contributed by atoms with E-state index in [1.54, 1.807) is 12.1 Å². The van der Waals surface area contributed by atoms with Crippen LogP contribution in [-0.2, 0) is 14.8 Å². The first-order valence-corrected chi connectivity index (χ1v) is 9.44. The molecule has 1 aromatic rings. The number of anilines is 1. The van der Waals surface area contributed by atoms with Crippen LogP contribution in [0, 0.1) is 5.41 Å². The second-order valence-corrected chi connectivity index (χ2v) is 7.33. The van der Waals surface area contributed by atoms with Gasteiger partial charge in [0, 0.05) is 18.8 Å². The Labute approximate surface area is 138 Å². The molecule has 0 unspecified atom stereocenters. The summed E-state index contributed by atoms with van der Waals surface area (Å²) in [5, 5.41) is 2.82. The lowest BCUT2D eigenvalue weighted by Gasteiger charge is -2.28. The van der Waals surface area contributed by atoms with Crippen LogP contribution in [0.1, 0.15) is 40.0 Å². The first-order valence-electron chi connectivity index (χ1n) is 7.96. The lowest BCUT2D eigenvalue weighted by atomic mass is 9.81. The van der Waals surface area contributed by atoms with Crippen molar-refractivity contribution in [2.75, 3.05) is 18.4 Å². The van der Waals surface area contributed by atoms with E-state index >= 15 is 0 Å². The number of carbonyl (C=O) groups excluding carboxylic acids is 1. The second kappa shape index (κ2) is 8.42. The second-order valence-electron chi connectivity index (χ2n) is 5.57. The number of amides is 1. The van der Waals surface area contributed by atoms with Gasteiger partial charge in [0.2, 0.25) is 15.9 Å². The van der Waals surface area contributed by atoms with Crippen LogP contribution in [0.4, 0.5) is 5.69 Å². The van der Waals surface area contributed by atoms with Gasteiger partial charge in [-0.15, -0.1) is 0 Å². The molecule has 0 bridgehead atoms. The van der Waals surface area contributed by atoms with Gasteiger partial charge in [-0.25, -0.2) is 13.1 Å². The van der Waals surface area contributed by atoms with Crippen LogP contribution in [0.3, 0.4) is 0 Å². The maximum absolute atomic E-state index is 12.4. The number of sulfonamides is 1. The van der Waals surface area contributed by atoms with Gasteiger partial charge in [-0.1, -0.05) is 20.8 Å². The Morgan fingerprint density at radius 2 is 1.70 bits per heavy atom. The number of rotatable bonds is 9. The molecule has 1 rings (SSSR count). The number of hydrogen-bond donors (Lipinski definition) is 3. The third-order valence-electron chi connectivity index (χ3n) is 4.19. The zero-order valence-electron chi connectivity index (χ0n) is 14.1. The van der Waals surface area contributed by atoms with E-state index in [2.05, 4.69) is 10.0 Å². The number of nitrogens with one attached hydrogen (secondary N) is 2.